The smallest absolute Gasteiger partial charge is 0.250 e. The molecule has 1 N–H and O–H groups in total. The fourth-order valence-electron chi connectivity index (χ4n) is 2.57. The van der Waals surface area contributed by atoms with Gasteiger partial charge in [-0.05, 0) is 31.5 Å². The molecule has 0 aliphatic rings. The standard InChI is InChI=1S/C20H20BrN5OS/c1-3-26-19(15-8-5-4-6-9-15)24-25-20(26)28-13-18(27)23-22-14(2)16-10-7-11-17(21)12-16/h4-12H,3,13H2,1-2H3,(H,23,27). The van der Waals surface area contributed by atoms with Gasteiger partial charge in [-0.3, -0.25) is 4.79 Å². The number of aromatic nitrogens is 3. The lowest BCUT2D eigenvalue weighted by atomic mass is 10.1. The number of carbonyl (C=O) groups excluding carboxylic acids is 1. The van der Waals surface area contributed by atoms with Crippen LogP contribution in [0.2, 0.25) is 0 Å². The van der Waals surface area contributed by atoms with E-state index >= 15 is 0 Å². The highest BCUT2D eigenvalue weighted by Gasteiger charge is 2.14. The normalized spacial score (nSPS) is 11.5. The zero-order valence-electron chi connectivity index (χ0n) is 15.6. The van der Waals surface area contributed by atoms with Crippen LogP contribution in [0.1, 0.15) is 19.4 Å². The average Bonchev–Trinajstić information content (AvgIpc) is 3.14. The van der Waals surface area contributed by atoms with Crippen LogP contribution < -0.4 is 5.43 Å². The summed E-state index contributed by atoms with van der Waals surface area (Å²) in [6.07, 6.45) is 0. The Bertz CT molecular complexity index is 987. The van der Waals surface area contributed by atoms with E-state index in [4.69, 9.17) is 0 Å². The molecule has 144 valence electrons. The van der Waals surface area contributed by atoms with Gasteiger partial charge in [0.05, 0.1) is 11.5 Å². The fourth-order valence-corrected chi connectivity index (χ4v) is 3.76. The number of rotatable bonds is 7. The van der Waals surface area contributed by atoms with Gasteiger partial charge in [0, 0.05) is 16.6 Å². The third-order valence-electron chi connectivity index (χ3n) is 3.99. The average molecular weight is 458 g/mol. The van der Waals surface area contributed by atoms with E-state index in [1.54, 1.807) is 0 Å². The molecule has 0 unspecified atom stereocenters. The number of halogens is 1. The molecular weight excluding hydrogens is 438 g/mol. The van der Waals surface area contributed by atoms with E-state index in [0.29, 0.717) is 5.16 Å². The molecule has 0 saturated heterocycles. The number of thioether (sulfide) groups is 1. The molecule has 0 bridgehead atoms. The number of nitrogens with one attached hydrogen (secondary N) is 1. The van der Waals surface area contributed by atoms with Crippen molar-refractivity contribution < 1.29 is 4.79 Å². The highest BCUT2D eigenvalue weighted by atomic mass is 79.9. The van der Waals surface area contributed by atoms with Crippen molar-refractivity contribution in [3.05, 3.63) is 64.6 Å². The molecule has 3 aromatic rings. The fraction of sp³-hybridized carbons (Fsp3) is 0.200. The van der Waals surface area contributed by atoms with Crippen molar-refractivity contribution in [3.8, 4) is 11.4 Å². The van der Waals surface area contributed by atoms with Crippen molar-refractivity contribution in [3.63, 3.8) is 0 Å². The van der Waals surface area contributed by atoms with Crippen LogP contribution in [0.3, 0.4) is 0 Å². The predicted octanol–water partition coefficient (Wildman–Crippen LogP) is 4.36. The number of amides is 1. The van der Waals surface area contributed by atoms with Crippen LogP contribution in [0.4, 0.5) is 0 Å². The van der Waals surface area contributed by atoms with Gasteiger partial charge in [-0.1, -0.05) is 70.2 Å². The Morgan fingerprint density at radius 1 is 1.18 bits per heavy atom. The predicted molar refractivity (Wildman–Crippen MR) is 116 cm³/mol. The van der Waals surface area contributed by atoms with E-state index in [-0.39, 0.29) is 11.7 Å². The zero-order chi connectivity index (χ0) is 19.9. The molecule has 0 atom stereocenters. The highest BCUT2D eigenvalue weighted by Crippen LogP contribution is 2.23. The minimum Gasteiger partial charge on any atom is -0.302 e. The quantitative estimate of drug-likeness (QED) is 0.325. The molecular formula is C20H20BrN5OS. The maximum absolute atomic E-state index is 12.2. The Labute approximate surface area is 176 Å². The van der Waals surface area contributed by atoms with Crippen LogP contribution in [-0.2, 0) is 11.3 Å². The van der Waals surface area contributed by atoms with Crippen molar-refractivity contribution in [2.24, 2.45) is 5.10 Å². The second-order valence-electron chi connectivity index (χ2n) is 5.95. The molecule has 1 heterocycles. The lowest BCUT2D eigenvalue weighted by Gasteiger charge is -2.07. The Morgan fingerprint density at radius 2 is 1.96 bits per heavy atom. The summed E-state index contributed by atoms with van der Waals surface area (Å²) in [5, 5.41) is 13.4. The first-order valence-corrected chi connectivity index (χ1v) is 10.6. The van der Waals surface area contributed by atoms with Crippen molar-refractivity contribution in [1.82, 2.24) is 20.2 Å². The molecule has 6 nitrogen and oxygen atoms in total. The van der Waals surface area contributed by atoms with Gasteiger partial charge in [0.15, 0.2) is 11.0 Å². The largest absolute Gasteiger partial charge is 0.302 e. The summed E-state index contributed by atoms with van der Waals surface area (Å²) in [5.41, 5.74) is 5.29. The SMILES string of the molecule is CCn1c(SCC(=O)NN=C(C)c2cccc(Br)c2)nnc1-c1ccccc1. The van der Waals surface area contributed by atoms with Gasteiger partial charge in [0.1, 0.15) is 0 Å². The lowest BCUT2D eigenvalue weighted by Crippen LogP contribution is -2.21. The maximum Gasteiger partial charge on any atom is 0.250 e. The van der Waals surface area contributed by atoms with E-state index in [2.05, 4.69) is 36.7 Å². The van der Waals surface area contributed by atoms with Gasteiger partial charge in [0.25, 0.3) is 5.91 Å². The second kappa shape index (κ2) is 9.66. The first-order chi connectivity index (χ1) is 13.6. The Hall–Kier alpha value is -2.45. The van der Waals surface area contributed by atoms with Crippen molar-refractivity contribution >= 4 is 39.3 Å². The van der Waals surface area contributed by atoms with Crippen LogP contribution >= 0.6 is 27.7 Å². The number of hydrogen-bond acceptors (Lipinski definition) is 5. The summed E-state index contributed by atoms with van der Waals surface area (Å²) >= 11 is 4.78. The van der Waals surface area contributed by atoms with Crippen molar-refractivity contribution in [1.29, 1.82) is 0 Å². The summed E-state index contributed by atoms with van der Waals surface area (Å²) in [5.74, 6) is 0.822. The van der Waals surface area contributed by atoms with Crippen molar-refractivity contribution in [2.75, 3.05) is 5.75 Å². The summed E-state index contributed by atoms with van der Waals surface area (Å²) in [4.78, 5) is 12.2. The molecule has 1 amide bonds. The van der Waals surface area contributed by atoms with Crippen LogP contribution in [0.5, 0.6) is 0 Å². The van der Waals surface area contributed by atoms with Gasteiger partial charge in [-0.2, -0.15) is 5.10 Å². The molecule has 3 rings (SSSR count). The Morgan fingerprint density at radius 3 is 2.68 bits per heavy atom. The summed E-state index contributed by atoms with van der Waals surface area (Å²) in [7, 11) is 0. The van der Waals surface area contributed by atoms with Crippen LogP contribution in [0, 0.1) is 0 Å². The first kappa shape index (κ1) is 20.3. The molecule has 0 spiro atoms. The number of hydrogen-bond donors (Lipinski definition) is 1. The van der Waals surface area contributed by atoms with Gasteiger partial charge in [-0.25, -0.2) is 5.43 Å². The Balaban J connectivity index is 1.62. The summed E-state index contributed by atoms with van der Waals surface area (Å²) in [6.45, 7) is 4.61. The topological polar surface area (TPSA) is 72.2 Å². The molecule has 0 aliphatic heterocycles. The summed E-state index contributed by atoms with van der Waals surface area (Å²) in [6, 6.07) is 17.7. The molecule has 8 heteroatoms. The monoisotopic (exact) mass is 457 g/mol. The molecule has 0 saturated carbocycles. The number of carbonyl (C=O) groups is 1. The van der Waals surface area contributed by atoms with E-state index in [0.717, 1.165) is 33.7 Å². The third-order valence-corrected chi connectivity index (χ3v) is 5.45. The number of benzene rings is 2. The lowest BCUT2D eigenvalue weighted by molar-refractivity contribution is -0.118. The van der Waals surface area contributed by atoms with E-state index in [1.807, 2.05) is 73.0 Å². The van der Waals surface area contributed by atoms with Crippen molar-refractivity contribution in [2.45, 2.75) is 25.5 Å². The minimum atomic E-state index is -0.189. The van der Waals surface area contributed by atoms with Gasteiger partial charge >= 0.3 is 0 Å². The first-order valence-electron chi connectivity index (χ1n) is 8.79. The van der Waals surface area contributed by atoms with Crippen LogP contribution in [-0.4, -0.2) is 32.1 Å². The van der Waals surface area contributed by atoms with Gasteiger partial charge in [0.2, 0.25) is 0 Å². The number of nitrogens with zero attached hydrogens (tertiary/aromatic N) is 4. The highest BCUT2D eigenvalue weighted by molar-refractivity contribution is 9.10. The van der Waals surface area contributed by atoms with E-state index in [1.165, 1.54) is 11.8 Å². The molecule has 0 aliphatic carbocycles. The van der Waals surface area contributed by atoms with Gasteiger partial charge < -0.3 is 4.57 Å². The summed E-state index contributed by atoms with van der Waals surface area (Å²) < 4.78 is 2.97. The molecule has 1 aromatic heterocycles. The minimum absolute atomic E-state index is 0.189. The van der Waals surface area contributed by atoms with E-state index in [9.17, 15) is 4.79 Å². The molecule has 2 aromatic carbocycles. The van der Waals surface area contributed by atoms with Crippen LogP contribution in [0.15, 0.2) is 69.3 Å². The third kappa shape index (κ3) is 5.08. The zero-order valence-corrected chi connectivity index (χ0v) is 18.0. The second-order valence-corrected chi connectivity index (χ2v) is 7.81. The van der Waals surface area contributed by atoms with Gasteiger partial charge in [-0.15, -0.1) is 10.2 Å². The van der Waals surface area contributed by atoms with Crippen LogP contribution in [0.25, 0.3) is 11.4 Å². The molecule has 28 heavy (non-hydrogen) atoms. The van der Waals surface area contributed by atoms with E-state index < -0.39 is 0 Å². The molecule has 0 fully saturated rings. The molecule has 0 radical (unpaired) electrons. The maximum atomic E-state index is 12.2. The number of hydrazone groups is 1. The Kier molecular flexibility index (Phi) is 7.00.